The van der Waals surface area contributed by atoms with Crippen LogP contribution in [0, 0.1) is 0 Å². The van der Waals surface area contributed by atoms with Crippen LogP contribution in [0.2, 0.25) is 0 Å². The monoisotopic (exact) mass is 396 g/mol. The standard InChI is InChI=1S/C21H21BrN2O/c1-21(2,3)14-12-15(20(25-4)16(22)13-14)17-9-7-10-19(24-17)18-8-5-6-11-23-18/h5-13H,1-4H3. The minimum atomic E-state index is 0.0299. The van der Waals surface area contributed by atoms with E-state index in [2.05, 4.69) is 53.8 Å². The molecule has 0 saturated heterocycles. The minimum Gasteiger partial charge on any atom is -0.495 e. The van der Waals surface area contributed by atoms with Crippen LogP contribution in [0.25, 0.3) is 22.6 Å². The summed E-state index contributed by atoms with van der Waals surface area (Å²) in [5.41, 5.74) is 4.79. The van der Waals surface area contributed by atoms with Crippen molar-refractivity contribution in [1.82, 2.24) is 9.97 Å². The summed E-state index contributed by atoms with van der Waals surface area (Å²) in [6.07, 6.45) is 1.78. The lowest BCUT2D eigenvalue weighted by molar-refractivity contribution is 0.413. The Morgan fingerprint density at radius 1 is 0.920 bits per heavy atom. The van der Waals surface area contributed by atoms with Crippen molar-refractivity contribution in [3.63, 3.8) is 0 Å². The van der Waals surface area contributed by atoms with Crippen LogP contribution in [0.15, 0.2) is 59.2 Å². The van der Waals surface area contributed by atoms with E-state index in [1.165, 1.54) is 5.56 Å². The van der Waals surface area contributed by atoms with Gasteiger partial charge in [-0.3, -0.25) is 4.98 Å². The maximum absolute atomic E-state index is 5.64. The molecule has 2 heterocycles. The summed E-state index contributed by atoms with van der Waals surface area (Å²) in [5, 5.41) is 0. The van der Waals surface area contributed by atoms with Gasteiger partial charge in [0.25, 0.3) is 0 Å². The molecule has 0 fully saturated rings. The number of ether oxygens (including phenoxy) is 1. The summed E-state index contributed by atoms with van der Waals surface area (Å²) in [6, 6.07) is 16.1. The molecule has 0 bridgehead atoms. The maximum atomic E-state index is 5.64. The fourth-order valence-electron chi connectivity index (χ4n) is 2.67. The summed E-state index contributed by atoms with van der Waals surface area (Å²) in [6.45, 7) is 6.59. The van der Waals surface area contributed by atoms with Gasteiger partial charge >= 0.3 is 0 Å². The molecule has 0 aliphatic heterocycles. The molecular formula is C21H21BrN2O. The predicted molar refractivity (Wildman–Crippen MR) is 106 cm³/mol. The van der Waals surface area contributed by atoms with Crippen molar-refractivity contribution in [2.45, 2.75) is 26.2 Å². The second kappa shape index (κ2) is 6.96. The van der Waals surface area contributed by atoms with Crippen LogP contribution in [0.4, 0.5) is 0 Å². The number of nitrogens with zero attached hydrogens (tertiary/aromatic N) is 2. The number of pyridine rings is 2. The van der Waals surface area contributed by atoms with Gasteiger partial charge in [0.05, 0.1) is 28.7 Å². The zero-order valence-corrected chi connectivity index (χ0v) is 16.5. The van der Waals surface area contributed by atoms with Gasteiger partial charge in [0.1, 0.15) is 5.75 Å². The molecule has 4 heteroatoms. The third-order valence-corrected chi connectivity index (χ3v) is 4.66. The first-order chi connectivity index (χ1) is 11.9. The Kier molecular flexibility index (Phi) is 4.91. The van der Waals surface area contributed by atoms with E-state index in [-0.39, 0.29) is 5.41 Å². The number of benzene rings is 1. The number of aromatic nitrogens is 2. The van der Waals surface area contributed by atoms with Gasteiger partial charge in [0.15, 0.2) is 0 Å². The van der Waals surface area contributed by atoms with Crippen LogP contribution in [-0.2, 0) is 5.41 Å². The Balaban J connectivity index is 2.17. The van der Waals surface area contributed by atoms with Gasteiger partial charge in [0, 0.05) is 11.8 Å². The summed E-state index contributed by atoms with van der Waals surface area (Å²) < 4.78 is 6.57. The predicted octanol–water partition coefficient (Wildman–Crippen LogP) is 5.88. The van der Waals surface area contributed by atoms with Crippen LogP contribution in [0.3, 0.4) is 0 Å². The Hall–Kier alpha value is -2.20. The molecule has 0 aliphatic rings. The molecule has 3 aromatic rings. The van der Waals surface area contributed by atoms with Crippen molar-refractivity contribution in [2.75, 3.05) is 7.11 Å². The Labute approximate surface area is 157 Å². The zero-order valence-electron chi connectivity index (χ0n) is 14.9. The Morgan fingerprint density at radius 2 is 1.64 bits per heavy atom. The highest BCUT2D eigenvalue weighted by Crippen LogP contribution is 2.40. The van der Waals surface area contributed by atoms with E-state index >= 15 is 0 Å². The average Bonchev–Trinajstić information content (AvgIpc) is 2.61. The van der Waals surface area contributed by atoms with Gasteiger partial charge < -0.3 is 4.74 Å². The van der Waals surface area contributed by atoms with E-state index in [4.69, 9.17) is 9.72 Å². The largest absolute Gasteiger partial charge is 0.495 e. The Morgan fingerprint density at radius 3 is 2.28 bits per heavy atom. The second-order valence-electron chi connectivity index (χ2n) is 6.91. The van der Waals surface area contributed by atoms with Gasteiger partial charge in [-0.1, -0.05) is 32.9 Å². The van der Waals surface area contributed by atoms with Gasteiger partial charge in [-0.05, 0) is 63.3 Å². The first-order valence-corrected chi connectivity index (χ1v) is 8.96. The lowest BCUT2D eigenvalue weighted by Crippen LogP contribution is -2.11. The number of methoxy groups -OCH3 is 1. The number of rotatable bonds is 3. The summed E-state index contributed by atoms with van der Waals surface area (Å²) in [5.74, 6) is 0.790. The van der Waals surface area contributed by atoms with Gasteiger partial charge in [-0.25, -0.2) is 4.98 Å². The maximum Gasteiger partial charge on any atom is 0.142 e. The molecule has 3 nitrogen and oxygen atoms in total. The quantitative estimate of drug-likeness (QED) is 0.554. The van der Waals surface area contributed by atoms with E-state index in [0.717, 1.165) is 32.9 Å². The molecule has 0 atom stereocenters. The normalized spacial score (nSPS) is 11.4. The van der Waals surface area contributed by atoms with E-state index in [1.54, 1.807) is 13.3 Å². The number of halogens is 1. The number of hydrogen-bond acceptors (Lipinski definition) is 3. The van der Waals surface area contributed by atoms with E-state index in [0.29, 0.717) is 0 Å². The van der Waals surface area contributed by atoms with E-state index in [9.17, 15) is 0 Å². The molecule has 2 aromatic heterocycles. The smallest absolute Gasteiger partial charge is 0.142 e. The second-order valence-corrected chi connectivity index (χ2v) is 7.77. The highest BCUT2D eigenvalue weighted by Gasteiger charge is 2.20. The fraction of sp³-hybridized carbons (Fsp3) is 0.238. The lowest BCUT2D eigenvalue weighted by atomic mass is 9.85. The fourth-order valence-corrected chi connectivity index (χ4v) is 3.29. The lowest BCUT2D eigenvalue weighted by Gasteiger charge is -2.22. The third kappa shape index (κ3) is 3.74. The van der Waals surface area contributed by atoms with Crippen molar-refractivity contribution >= 4 is 15.9 Å². The molecule has 0 N–H and O–H groups in total. The molecule has 0 aliphatic carbocycles. The summed E-state index contributed by atoms with van der Waals surface area (Å²) in [4.78, 5) is 9.22. The topological polar surface area (TPSA) is 35.0 Å². The van der Waals surface area contributed by atoms with Crippen LogP contribution in [0.1, 0.15) is 26.3 Å². The molecule has 0 radical (unpaired) electrons. The minimum absolute atomic E-state index is 0.0299. The highest BCUT2D eigenvalue weighted by molar-refractivity contribution is 9.10. The SMILES string of the molecule is COc1c(Br)cc(C(C)(C)C)cc1-c1cccc(-c2ccccn2)n1. The van der Waals surface area contributed by atoms with Crippen molar-refractivity contribution in [2.24, 2.45) is 0 Å². The molecule has 0 spiro atoms. The van der Waals surface area contributed by atoms with E-state index < -0.39 is 0 Å². The molecule has 1 aromatic carbocycles. The molecule has 128 valence electrons. The highest BCUT2D eigenvalue weighted by atomic mass is 79.9. The third-order valence-electron chi connectivity index (χ3n) is 4.07. The molecule has 3 rings (SSSR count). The van der Waals surface area contributed by atoms with Crippen LogP contribution in [0.5, 0.6) is 5.75 Å². The van der Waals surface area contributed by atoms with Gasteiger partial charge in [0.2, 0.25) is 0 Å². The summed E-state index contributed by atoms with van der Waals surface area (Å²) >= 11 is 3.65. The summed E-state index contributed by atoms with van der Waals surface area (Å²) in [7, 11) is 1.68. The molecule has 0 unspecified atom stereocenters. The molecule has 0 saturated carbocycles. The van der Waals surface area contributed by atoms with Crippen molar-refractivity contribution < 1.29 is 4.74 Å². The van der Waals surface area contributed by atoms with Gasteiger partial charge in [-0.2, -0.15) is 0 Å². The van der Waals surface area contributed by atoms with Crippen LogP contribution in [-0.4, -0.2) is 17.1 Å². The van der Waals surface area contributed by atoms with Crippen molar-refractivity contribution in [1.29, 1.82) is 0 Å². The van der Waals surface area contributed by atoms with Crippen molar-refractivity contribution in [3.8, 4) is 28.4 Å². The molecular weight excluding hydrogens is 376 g/mol. The zero-order chi connectivity index (χ0) is 18.0. The first kappa shape index (κ1) is 17.6. The molecule has 0 amide bonds. The van der Waals surface area contributed by atoms with Crippen LogP contribution < -0.4 is 4.74 Å². The van der Waals surface area contributed by atoms with E-state index in [1.807, 2.05) is 36.4 Å². The first-order valence-electron chi connectivity index (χ1n) is 8.17. The van der Waals surface area contributed by atoms with Gasteiger partial charge in [-0.15, -0.1) is 0 Å². The molecule has 25 heavy (non-hydrogen) atoms. The average molecular weight is 397 g/mol. The Bertz CT molecular complexity index is 886. The van der Waals surface area contributed by atoms with Crippen LogP contribution >= 0.6 is 15.9 Å². The van der Waals surface area contributed by atoms with Crippen molar-refractivity contribution in [3.05, 3.63) is 64.8 Å². The number of hydrogen-bond donors (Lipinski definition) is 0.